The summed E-state index contributed by atoms with van der Waals surface area (Å²) in [6.45, 7) is 14.0. The second kappa shape index (κ2) is 6.97. The molecule has 0 N–H and O–H groups in total. The fraction of sp³-hybridized carbons (Fsp3) is 0.600. The standard InChI is InChI=1S/C15H24Te.Na/c1-9(2)12-7-13(10(3)4)15(16)14(8-12)11(5)6;/h7-11,16H,1-6H3;/q;+1/p-1. The van der Waals surface area contributed by atoms with Gasteiger partial charge >= 0.3 is 131 Å². The van der Waals surface area contributed by atoms with Gasteiger partial charge in [-0.25, -0.2) is 0 Å². The zero-order valence-electron chi connectivity index (χ0n) is 12.3. The zero-order chi connectivity index (χ0) is 13.2. The third-order valence-corrected chi connectivity index (χ3v) is 8.53. The van der Waals surface area contributed by atoms with Crippen LogP contribution in [0.25, 0.3) is 0 Å². The quantitative estimate of drug-likeness (QED) is 0.727. The normalized spacial score (nSPS) is 11.9. The van der Waals surface area contributed by atoms with Gasteiger partial charge in [0.2, 0.25) is 0 Å². The van der Waals surface area contributed by atoms with Crippen molar-refractivity contribution in [2.24, 2.45) is 0 Å². The second-order valence-corrected chi connectivity index (χ2v) is 10.8. The van der Waals surface area contributed by atoms with Gasteiger partial charge in [-0.15, -0.1) is 0 Å². The Morgan fingerprint density at radius 2 is 1.24 bits per heavy atom. The molecule has 2 heteroatoms. The summed E-state index contributed by atoms with van der Waals surface area (Å²) in [7, 11) is 0. The molecule has 90 valence electrons. The Kier molecular flexibility index (Phi) is 6.59. The number of rotatable bonds is 4. The Labute approximate surface area is 129 Å². The van der Waals surface area contributed by atoms with Crippen LogP contribution in [0.2, 0.25) is 0 Å². The third kappa shape index (κ3) is 3.99. The molecule has 0 saturated heterocycles. The van der Waals surface area contributed by atoms with E-state index in [9.17, 15) is 0 Å². The first-order valence-corrected chi connectivity index (χ1v) is 15.6. The van der Waals surface area contributed by atoms with E-state index in [1.54, 1.807) is 14.7 Å². The molecule has 0 aliphatic rings. The Morgan fingerprint density at radius 3 is 1.47 bits per heavy atom. The van der Waals surface area contributed by atoms with E-state index in [0.29, 0.717) is 17.8 Å². The predicted molar refractivity (Wildman–Crippen MR) is 79.9 cm³/mol. The summed E-state index contributed by atoms with van der Waals surface area (Å²) < 4.78 is 1.77. The molecule has 0 aromatic heterocycles. The molecule has 1 rings (SSSR count). The number of benzene rings is 1. The fourth-order valence-electron chi connectivity index (χ4n) is 2.13. The maximum atomic E-state index is 2.49. The van der Waals surface area contributed by atoms with Gasteiger partial charge in [0, 0.05) is 0 Å². The van der Waals surface area contributed by atoms with Gasteiger partial charge in [-0.05, 0) is 0 Å². The topological polar surface area (TPSA) is 0 Å². The molecule has 0 bridgehead atoms. The van der Waals surface area contributed by atoms with E-state index in [4.69, 9.17) is 0 Å². The van der Waals surface area contributed by atoms with Crippen LogP contribution in [0.1, 0.15) is 76.0 Å². The van der Waals surface area contributed by atoms with Crippen molar-refractivity contribution in [1.29, 1.82) is 0 Å². The number of hydrogen-bond acceptors (Lipinski definition) is 0. The molecule has 0 amide bonds. The molecule has 0 aliphatic heterocycles. The van der Waals surface area contributed by atoms with E-state index in [2.05, 4.69) is 53.7 Å². The maximum absolute atomic E-state index is 2.49. The Balaban J connectivity index is 3.46. The molecular weight excluding hydrogens is 331 g/mol. The van der Waals surface area contributed by atoms with Gasteiger partial charge in [0.25, 0.3) is 0 Å². The summed E-state index contributed by atoms with van der Waals surface area (Å²) in [6.07, 6.45) is 0. The van der Waals surface area contributed by atoms with Crippen molar-refractivity contribution in [1.82, 2.24) is 0 Å². The van der Waals surface area contributed by atoms with E-state index >= 15 is 0 Å². The van der Waals surface area contributed by atoms with E-state index in [1.165, 1.54) is 29.1 Å². The fourth-order valence-corrected chi connectivity index (χ4v) is 8.31. The van der Waals surface area contributed by atoms with Crippen LogP contribution >= 0.6 is 0 Å². The molecule has 0 nitrogen and oxygen atoms in total. The van der Waals surface area contributed by atoms with E-state index in [0.717, 1.165) is 0 Å². The van der Waals surface area contributed by atoms with Crippen LogP contribution in [-0.2, 0) is 0 Å². The Morgan fingerprint density at radius 1 is 0.824 bits per heavy atom. The average molecular weight is 354 g/mol. The SMILES string of the molecule is CC(C)c1cc(C(C)C)c([Te][Na])c(C(C)C)c1. The van der Waals surface area contributed by atoms with Crippen molar-refractivity contribution in [3.63, 3.8) is 0 Å². The van der Waals surface area contributed by atoms with Gasteiger partial charge in [0.05, 0.1) is 0 Å². The third-order valence-electron chi connectivity index (χ3n) is 3.28. The Hall–Kier alpha value is 1.01. The van der Waals surface area contributed by atoms with Gasteiger partial charge in [0.1, 0.15) is 0 Å². The van der Waals surface area contributed by atoms with Crippen LogP contribution in [-0.4, -0.2) is 39.1 Å². The van der Waals surface area contributed by atoms with Crippen LogP contribution in [0.15, 0.2) is 12.1 Å². The minimum atomic E-state index is 0.126. The van der Waals surface area contributed by atoms with Crippen molar-refractivity contribution in [2.75, 3.05) is 0 Å². The average Bonchev–Trinajstić information content (AvgIpc) is 2.26. The Bertz CT molecular complexity index is 352. The summed E-state index contributed by atoms with van der Waals surface area (Å²) >= 11 is 1.52. The van der Waals surface area contributed by atoms with E-state index in [1.807, 2.05) is 0 Å². The van der Waals surface area contributed by atoms with Crippen LogP contribution in [0.3, 0.4) is 0 Å². The molecule has 1 aromatic rings. The molecular formula is C15H23NaTe. The van der Waals surface area contributed by atoms with Gasteiger partial charge in [0.15, 0.2) is 0 Å². The molecule has 0 radical (unpaired) electrons. The monoisotopic (exact) mass is 356 g/mol. The first-order chi connectivity index (χ1) is 7.88. The summed E-state index contributed by atoms with van der Waals surface area (Å²) in [6, 6.07) is 4.97. The summed E-state index contributed by atoms with van der Waals surface area (Å²) in [5, 5.41) is 0. The minimum absolute atomic E-state index is 0.126. The van der Waals surface area contributed by atoms with Gasteiger partial charge in [-0.3, -0.25) is 0 Å². The second-order valence-electron chi connectivity index (χ2n) is 5.70. The predicted octanol–water partition coefficient (Wildman–Crippen LogP) is 3.47. The van der Waals surface area contributed by atoms with Gasteiger partial charge in [-0.2, -0.15) is 0 Å². The molecule has 17 heavy (non-hydrogen) atoms. The van der Waals surface area contributed by atoms with Crippen LogP contribution in [0.4, 0.5) is 0 Å². The van der Waals surface area contributed by atoms with Crippen molar-refractivity contribution in [3.8, 4) is 0 Å². The molecule has 0 aliphatic carbocycles. The molecule has 0 saturated carbocycles. The summed E-state index contributed by atoms with van der Waals surface area (Å²) in [5.74, 6) is 2.01. The van der Waals surface area contributed by atoms with Crippen LogP contribution < -0.4 is 3.61 Å². The summed E-state index contributed by atoms with van der Waals surface area (Å²) in [4.78, 5) is 0. The molecule has 0 heterocycles. The van der Waals surface area contributed by atoms with Gasteiger partial charge < -0.3 is 0 Å². The zero-order valence-corrected chi connectivity index (χ0v) is 16.6. The van der Waals surface area contributed by atoms with E-state index < -0.39 is 0 Å². The molecule has 0 atom stereocenters. The first kappa shape index (κ1) is 16.1. The molecule has 0 unspecified atom stereocenters. The molecule has 0 fully saturated rings. The van der Waals surface area contributed by atoms with Crippen molar-refractivity contribution < 1.29 is 0 Å². The summed E-state index contributed by atoms with van der Waals surface area (Å²) in [5.41, 5.74) is 4.83. The molecule has 1 aromatic carbocycles. The van der Waals surface area contributed by atoms with Crippen LogP contribution in [0, 0.1) is 0 Å². The number of hydrogen-bond donors (Lipinski definition) is 0. The van der Waals surface area contributed by atoms with Crippen LogP contribution in [0.5, 0.6) is 0 Å². The van der Waals surface area contributed by atoms with Crippen molar-refractivity contribution in [2.45, 2.75) is 59.3 Å². The van der Waals surface area contributed by atoms with Crippen molar-refractivity contribution in [3.05, 3.63) is 28.8 Å². The molecule has 0 spiro atoms. The van der Waals surface area contributed by atoms with Crippen molar-refractivity contribution >= 4 is 42.7 Å². The van der Waals surface area contributed by atoms with E-state index in [-0.39, 0.29) is 15.5 Å². The first-order valence-electron chi connectivity index (χ1n) is 6.60. The van der Waals surface area contributed by atoms with Gasteiger partial charge in [-0.1, -0.05) is 0 Å².